The molecule has 0 aromatic carbocycles. The van der Waals surface area contributed by atoms with Crippen molar-refractivity contribution in [3.05, 3.63) is 0 Å². The number of rotatable bonds is 3. The topological polar surface area (TPSA) is 3.24 Å². The minimum absolute atomic E-state index is 1.31. The zero-order valence-corrected chi connectivity index (χ0v) is 7.23. The molecule has 0 aromatic rings. The quantitative estimate of drug-likeness (QED) is 0.520. The van der Waals surface area contributed by atoms with E-state index in [0.717, 1.165) is 0 Å². The second-order valence-corrected chi connectivity index (χ2v) is 3.32. The van der Waals surface area contributed by atoms with E-state index >= 15 is 0 Å². The second-order valence-electron chi connectivity index (χ2n) is 2.24. The summed E-state index contributed by atoms with van der Waals surface area (Å²) in [7, 11) is 0. The van der Waals surface area contributed by atoms with E-state index in [1.807, 2.05) is 0 Å². The molecule has 1 aliphatic heterocycles. The molecule has 0 aromatic heterocycles. The molecule has 0 amide bonds. The monoisotopic (exact) mass is 225 g/mol. The lowest BCUT2D eigenvalue weighted by atomic mass is 10.2. The first-order chi connectivity index (χ1) is 3.93. The fourth-order valence-electron chi connectivity index (χ4n) is 0.889. The van der Waals surface area contributed by atoms with Crippen LogP contribution in [0.5, 0.6) is 0 Å². The normalized spacial score (nSPS) is 20.6. The molecule has 0 spiro atoms. The number of alkyl halides is 1. The average Bonchev–Trinajstić information content (AvgIpc) is 1.63. The van der Waals surface area contributed by atoms with E-state index in [9.17, 15) is 0 Å². The van der Waals surface area contributed by atoms with Crippen LogP contribution in [0, 0.1) is 0 Å². The molecule has 0 radical (unpaired) electrons. The van der Waals surface area contributed by atoms with Gasteiger partial charge in [-0.25, -0.2) is 0 Å². The van der Waals surface area contributed by atoms with Crippen LogP contribution < -0.4 is 0 Å². The first-order valence-corrected chi connectivity index (χ1v) is 4.74. The number of nitrogens with zero attached hydrogens (tertiary/aromatic N) is 1. The molecule has 8 heavy (non-hydrogen) atoms. The van der Waals surface area contributed by atoms with E-state index in [-0.39, 0.29) is 0 Å². The van der Waals surface area contributed by atoms with Gasteiger partial charge in [-0.3, -0.25) is 0 Å². The van der Waals surface area contributed by atoms with Crippen molar-refractivity contribution in [2.45, 2.75) is 12.8 Å². The summed E-state index contributed by atoms with van der Waals surface area (Å²) in [5.41, 5.74) is 0. The maximum Gasteiger partial charge on any atom is 0.000744 e. The smallest absolute Gasteiger partial charge is 0.000744 e. The Morgan fingerprint density at radius 1 is 1.38 bits per heavy atom. The van der Waals surface area contributed by atoms with E-state index in [1.165, 1.54) is 36.9 Å². The van der Waals surface area contributed by atoms with Gasteiger partial charge in [0.25, 0.3) is 0 Å². The molecule has 0 bridgehead atoms. The van der Waals surface area contributed by atoms with E-state index in [1.54, 1.807) is 0 Å². The Morgan fingerprint density at radius 3 is 2.50 bits per heavy atom. The molecule has 48 valence electrons. The highest BCUT2D eigenvalue weighted by Crippen LogP contribution is 2.05. The van der Waals surface area contributed by atoms with Gasteiger partial charge in [0, 0.05) is 4.43 Å². The predicted molar refractivity (Wildman–Crippen MR) is 44.6 cm³/mol. The zero-order valence-electron chi connectivity index (χ0n) is 5.07. The summed E-state index contributed by atoms with van der Waals surface area (Å²) in [4.78, 5) is 2.51. The molecule has 0 N–H and O–H groups in total. The van der Waals surface area contributed by atoms with Gasteiger partial charge in [0.15, 0.2) is 0 Å². The van der Waals surface area contributed by atoms with Crippen LogP contribution in [0.1, 0.15) is 12.8 Å². The van der Waals surface area contributed by atoms with Gasteiger partial charge in [-0.15, -0.1) is 0 Å². The summed E-state index contributed by atoms with van der Waals surface area (Å²) < 4.78 is 1.31. The summed E-state index contributed by atoms with van der Waals surface area (Å²) in [5.74, 6) is 0. The SMILES string of the molecule is ICCCN1CCC1. The summed E-state index contributed by atoms with van der Waals surface area (Å²) in [6, 6.07) is 0. The minimum Gasteiger partial charge on any atom is -0.303 e. The van der Waals surface area contributed by atoms with Gasteiger partial charge in [0.1, 0.15) is 0 Å². The molecule has 0 aliphatic carbocycles. The van der Waals surface area contributed by atoms with Crippen LogP contribution in [0.4, 0.5) is 0 Å². The summed E-state index contributed by atoms with van der Waals surface area (Å²) in [5, 5.41) is 0. The van der Waals surface area contributed by atoms with Crippen molar-refractivity contribution in [1.29, 1.82) is 0 Å². The van der Waals surface area contributed by atoms with Crippen LogP contribution in [-0.4, -0.2) is 29.0 Å². The van der Waals surface area contributed by atoms with Crippen LogP contribution >= 0.6 is 22.6 Å². The average molecular weight is 225 g/mol. The molecular formula is C6H12IN. The van der Waals surface area contributed by atoms with Crippen molar-refractivity contribution in [2.24, 2.45) is 0 Å². The van der Waals surface area contributed by atoms with Gasteiger partial charge in [-0.1, -0.05) is 22.6 Å². The van der Waals surface area contributed by atoms with Crippen LogP contribution in [0.25, 0.3) is 0 Å². The van der Waals surface area contributed by atoms with Crippen molar-refractivity contribution < 1.29 is 0 Å². The lowest BCUT2D eigenvalue weighted by Gasteiger charge is -2.30. The van der Waals surface area contributed by atoms with Crippen molar-refractivity contribution in [1.82, 2.24) is 4.90 Å². The summed E-state index contributed by atoms with van der Waals surface area (Å²) in [6.07, 6.45) is 2.81. The fraction of sp³-hybridized carbons (Fsp3) is 1.00. The molecule has 0 saturated carbocycles. The van der Waals surface area contributed by atoms with Gasteiger partial charge >= 0.3 is 0 Å². The molecule has 0 unspecified atom stereocenters. The standard InChI is InChI=1S/C6H12IN/c7-3-1-4-8-5-2-6-8/h1-6H2. The maximum atomic E-state index is 2.51. The lowest BCUT2D eigenvalue weighted by Crippen LogP contribution is -2.37. The summed E-state index contributed by atoms with van der Waals surface area (Å²) in [6.45, 7) is 4.05. The highest BCUT2D eigenvalue weighted by molar-refractivity contribution is 14.1. The molecule has 0 atom stereocenters. The van der Waals surface area contributed by atoms with Crippen LogP contribution in [0.3, 0.4) is 0 Å². The van der Waals surface area contributed by atoms with Crippen molar-refractivity contribution in [3.8, 4) is 0 Å². The predicted octanol–water partition coefficient (Wildman–Crippen LogP) is 1.52. The van der Waals surface area contributed by atoms with Gasteiger partial charge < -0.3 is 4.90 Å². The Morgan fingerprint density at radius 2 is 2.12 bits per heavy atom. The first-order valence-electron chi connectivity index (χ1n) is 3.22. The number of halogens is 1. The Labute approximate surface area is 64.6 Å². The zero-order chi connectivity index (χ0) is 5.82. The lowest BCUT2D eigenvalue weighted by molar-refractivity contribution is 0.183. The Balaban J connectivity index is 1.86. The summed E-state index contributed by atoms with van der Waals surface area (Å²) >= 11 is 2.43. The van der Waals surface area contributed by atoms with Gasteiger partial charge in [0.2, 0.25) is 0 Å². The third-order valence-corrected chi connectivity index (χ3v) is 2.32. The maximum absolute atomic E-state index is 2.51. The molecule has 1 fully saturated rings. The van der Waals surface area contributed by atoms with E-state index < -0.39 is 0 Å². The molecule has 1 nitrogen and oxygen atoms in total. The van der Waals surface area contributed by atoms with Crippen molar-refractivity contribution >= 4 is 22.6 Å². The number of hydrogen-bond acceptors (Lipinski definition) is 1. The molecule has 1 rings (SSSR count). The van der Waals surface area contributed by atoms with Crippen LogP contribution in [0.2, 0.25) is 0 Å². The molecule has 1 heterocycles. The Hall–Kier alpha value is 0.690. The molecular weight excluding hydrogens is 213 g/mol. The Bertz CT molecular complexity index is 61.5. The van der Waals surface area contributed by atoms with Crippen molar-refractivity contribution in [3.63, 3.8) is 0 Å². The highest BCUT2D eigenvalue weighted by Gasteiger charge is 2.11. The van der Waals surface area contributed by atoms with E-state index in [2.05, 4.69) is 27.5 Å². The van der Waals surface area contributed by atoms with Crippen LogP contribution in [-0.2, 0) is 0 Å². The molecule has 2 heteroatoms. The minimum atomic E-state index is 1.31. The van der Waals surface area contributed by atoms with Gasteiger partial charge in [-0.2, -0.15) is 0 Å². The third-order valence-electron chi connectivity index (χ3n) is 1.56. The molecule has 1 saturated heterocycles. The largest absolute Gasteiger partial charge is 0.303 e. The molecule has 1 aliphatic rings. The van der Waals surface area contributed by atoms with E-state index in [0.29, 0.717) is 0 Å². The first kappa shape index (κ1) is 6.81. The second kappa shape index (κ2) is 3.67. The highest BCUT2D eigenvalue weighted by atomic mass is 127. The number of likely N-dealkylation sites (tertiary alicyclic amines) is 1. The fourth-order valence-corrected chi connectivity index (χ4v) is 1.23. The van der Waals surface area contributed by atoms with Crippen LogP contribution in [0.15, 0.2) is 0 Å². The van der Waals surface area contributed by atoms with Gasteiger partial charge in [0.05, 0.1) is 0 Å². The van der Waals surface area contributed by atoms with Gasteiger partial charge in [-0.05, 0) is 32.5 Å². The van der Waals surface area contributed by atoms with Crippen molar-refractivity contribution in [2.75, 3.05) is 24.1 Å². The third kappa shape index (κ3) is 1.90. The number of hydrogen-bond donors (Lipinski definition) is 0. The van der Waals surface area contributed by atoms with E-state index in [4.69, 9.17) is 0 Å². The Kier molecular flexibility index (Phi) is 3.12.